The summed E-state index contributed by atoms with van der Waals surface area (Å²) in [5.41, 5.74) is -0.0693. The van der Waals surface area contributed by atoms with E-state index in [0.29, 0.717) is 31.7 Å². The molecule has 28 heavy (non-hydrogen) atoms. The van der Waals surface area contributed by atoms with Gasteiger partial charge in [0.15, 0.2) is 0 Å². The van der Waals surface area contributed by atoms with Crippen molar-refractivity contribution in [3.63, 3.8) is 0 Å². The minimum atomic E-state index is -0.838. The van der Waals surface area contributed by atoms with E-state index in [9.17, 15) is 22.8 Å². The second-order valence-corrected chi connectivity index (χ2v) is 6.60. The number of amides is 2. The lowest BCUT2D eigenvalue weighted by Crippen LogP contribution is -2.54. The van der Waals surface area contributed by atoms with Crippen molar-refractivity contribution < 1.29 is 22.8 Å². The van der Waals surface area contributed by atoms with Gasteiger partial charge in [-0.2, -0.15) is 0 Å². The molecule has 8 heteroatoms. The van der Waals surface area contributed by atoms with Gasteiger partial charge in [0.05, 0.1) is 6.04 Å². The van der Waals surface area contributed by atoms with E-state index in [1.165, 1.54) is 30.3 Å². The molecular weight excluding hydrogens is 371 g/mol. The fourth-order valence-electron chi connectivity index (χ4n) is 3.10. The zero-order valence-corrected chi connectivity index (χ0v) is 15.3. The van der Waals surface area contributed by atoms with Crippen molar-refractivity contribution in [2.75, 3.05) is 31.5 Å². The van der Waals surface area contributed by atoms with Crippen molar-refractivity contribution in [3.05, 3.63) is 65.5 Å². The van der Waals surface area contributed by atoms with Gasteiger partial charge >= 0.3 is 0 Å². The smallest absolute Gasteiger partial charge is 0.253 e. The molecule has 0 aliphatic carbocycles. The lowest BCUT2D eigenvalue weighted by Gasteiger charge is -2.37. The Bertz CT molecular complexity index is 845. The average molecular weight is 391 g/mol. The molecule has 1 unspecified atom stereocenters. The van der Waals surface area contributed by atoms with Crippen LogP contribution in [-0.2, 0) is 4.79 Å². The first-order valence-corrected chi connectivity index (χ1v) is 8.90. The van der Waals surface area contributed by atoms with E-state index in [1.807, 2.05) is 4.90 Å². The van der Waals surface area contributed by atoms with Crippen molar-refractivity contribution in [3.8, 4) is 0 Å². The van der Waals surface area contributed by atoms with Crippen molar-refractivity contribution in [2.45, 2.75) is 13.0 Å². The number of rotatable bonds is 4. The first kappa shape index (κ1) is 19.9. The lowest BCUT2D eigenvalue weighted by atomic mass is 10.1. The van der Waals surface area contributed by atoms with Crippen LogP contribution in [0.25, 0.3) is 0 Å². The van der Waals surface area contributed by atoms with Crippen LogP contribution in [0, 0.1) is 17.5 Å². The predicted octanol–water partition coefficient (Wildman–Crippen LogP) is 2.89. The maximum absolute atomic E-state index is 13.7. The summed E-state index contributed by atoms with van der Waals surface area (Å²) in [5, 5.41) is 2.29. The number of nitrogens with zero attached hydrogens (tertiary/aromatic N) is 2. The molecule has 0 saturated carbocycles. The molecule has 2 amide bonds. The van der Waals surface area contributed by atoms with E-state index in [2.05, 4.69) is 5.32 Å². The maximum Gasteiger partial charge on any atom is 0.253 e. The van der Waals surface area contributed by atoms with Crippen LogP contribution in [-0.4, -0.2) is 53.8 Å². The van der Waals surface area contributed by atoms with Crippen molar-refractivity contribution >= 4 is 17.5 Å². The number of carbonyl (C=O) groups is 2. The first-order chi connectivity index (χ1) is 13.4. The topological polar surface area (TPSA) is 52.7 Å². The van der Waals surface area contributed by atoms with Gasteiger partial charge in [0.2, 0.25) is 5.91 Å². The summed E-state index contributed by atoms with van der Waals surface area (Å²) in [5.74, 6) is -2.81. The quantitative estimate of drug-likeness (QED) is 0.872. The van der Waals surface area contributed by atoms with E-state index < -0.39 is 35.1 Å². The summed E-state index contributed by atoms with van der Waals surface area (Å²) in [6.45, 7) is 3.29. The van der Waals surface area contributed by atoms with E-state index >= 15 is 0 Å². The minimum absolute atomic E-state index is 0.204. The van der Waals surface area contributed by atoms with E-state index in [1.54, 1.807) is 11.8 Å². The number of carbonyl (C=O) groups excluding carboxylic acids is 2. The molecule has 1 N–H and O–H groups in total. The zero-order chi connectivity index (χ0) is 20.3. The standard InChI is InChI=1S/C20H20F3N3O2/c1-13(19(27)24-18-16(22)3-2-4-17(18)23)25-9-11-26(12-10-25)20(28)14-5-7-15(21)8-6-14/h2-8,13H,9-12H2,1H3,(H,24,27). The highest BCUT2D eigenvalue weighted by atomic mass is 19.1. The van der Waals surface area contributed by atoms with Crippen LogP contribution >= 0.6 is 0 Å². The largest absolute Gasteiger partial charge is 0.336 e. The molecule has 1 atom stereocenters. The van der Waals surface area contributed by atoms with Gasteiger partial charge in [-0.05, 0) is 43.3 Å². The SMILES string of the molecule is CC(C(=O)Nc1c(F)cccc1F)N1CCN(C(=O)c2ccc(F)cc2)CC1. The molecule has 3 rings (SSSR count). The second kappa shape index (κ2) is 8.43. The second-order valence-electron chi connectivity index (χ2n) is 6.60. The number of anilines is 1. The van der Waals surface area contributed by atoms with Crippen molar-refractivity contribution in [1.82, 2.24) is 9.80 Å². The summed E-state index contributed by atoms with van der Waals surface area (Å²) in [4.78, 5) is 28.3. The van der Waals surface area contributed by atoms with Crippen LogP contribution in [0.2, 0.25) is 0 Å². The highest BCUT2D eigenvalue weighted by Crippen LogP contribution is 2.19. The number of para-hydroxylation sites is 1. The van der Waals surface area contributed by atoms with Crippen LogP contribution in [0.4, 0.5) is 18.9 Å². The summed E-state index contributed by atoms with van der Waals surface area (Å²) >= 11 is 0. The fraction of sp³-hybridized carbons (Fsp3) is 0.300. The number of halogens is 3. The average Bonchev–Trinajstić information content (AvgIpc) is 2.70. The number of nitrogens with one attached hydrogen (secondary N) is 1. The van der Waals surface area contributed by atoms with Crippen molar-refractivity contribution in [2.24, 2.45) is 0 Å². The Kier molecular flexibility index (Phi) is 5.99. The molecule has 0 aromatic heterocycles. The van der Waals surface area contributed by atoms with Gasteiger partial charge < -0.3 is 10.2 Å². The minimum Gasteiger partial charge on any atom is -0.336 e. The summed E-state index contributed by atoms with van der Waals surface area (Å²) in [6, 6.07) is 8.08. The van der Waals surface area contributed by atoms with Gasteiger partial charge in [0.25, 0.3) is 5.91 Å². The molecule has 1 saturated heterocycles. The highest BCUT2D eigenvalue weighted by molar-refractivity contribution is 5.95. The van der Waals surface area contributed by atoms with Gasteiger partial charge in [-0.1, -0.05) is 6.07 Å². The Hall–Kier alpha value is -2.87. The summed E-state index contributed by atoms with van der Waals surface area (Å²) in [7, 11) is 0. The van der Waals surface area contributed by atoms with Gasteiger partial charge in [-0.3, -0.25) is 14.5 Å². The first-order valence-electron chi connectivity index (χ1n) is 8.90. The Balaban J connectivity index is 1.57. The molecule has 0 spiro atoms. The van der Waals surface area contributed by atoms with Crippen LogP contribution in [0.1, 0.15) is 17.3 Å². The Morgan fingerprint density at radius 1 is 0.929 bits per heavy atom. The number of piperazine rings is 1. The van der Waals surface area contributed by atoms with Crippen LogP contribution in [0.5, 0.6) is 0 Å². The molecule has 0 bridgehead atoms. The van der Waals surface area contributed by atoms with Gasteiger partial charge in [-0.15, -0.1) is 0 Å². The number of hydrogen-bond acceptors (Lipinski definition) is 3. The van der Waals surface area contributed by atoms with E-state index in [0.717, 1.165) is 12.1 Å². The van der Waals surface area contributed by atoms with E-state index in [4.69, 9.17) is 0 Å². The molecule has 0 radical (unpaired) electrons. The molecule has 2 aromatic carbocycles. The zero-order valence-electron chi connectivity index (χ0n) is 15.3. The maximum atomic E-state index is 13.7. The third kappa shape index (κ3) is 4.33. The molecule has 1 aliphatic heterocycles. The monoisotopic (exact) mass is 391 g/mol. The third-order valence-electron chi connectivity index (χ3n) is 4.83. The predicted molar refractivity (Wildman–Crippen MR) is 98.3 cm³/mol. The van der Waals surface area contributed by atoms with Crippen LogP contribution < -0.4 is 5.32 Å². The number of hydrogen-bond donors (Lipinski definition) is 1. The molecule has 2 aromatic rings. The lowest BCUT2D eigenvalue weighted by molar-refractivity contribution is -0.121. The summed E-state index contributed by atoms with van der Waals surface area (Å²) in [6.07, 6.45) is 0. The van der Waals surface area contributed by atoms with Gasteiger partial charge in [0.1, 0.15) is 23.1 Å². The molecule has 1 aliphatic rings. The molecule has 5 nitrogen and oxygen atoms in total. The summed E-state index contributed by atoms with van der Waals surface area (Å²) < 4.78 is 40.4. The van der Waals surface area contributed by atoms with Gasteiger partial charge in [-0.25, -0.2) is 13.2 Å². The van der Waals surface area contributed by atoms with Gasteiger partial charge in [0, 0.05) is 31.7 Å². The molecular formula is C20H20F3N3O2. The third-order valence-corrected chi connectivity index (χ3v) is 4.83. The Morgan fingerprint density at radius 3 is 2.07 bits per heavy atom. The Labute approximate surface area is 160 Å². The fourth-order valence-corrected chi connectivity index (χ4v) is 3.10. The van der Waals surface area contributed by atoms with Crippen LogP contribution in [0.3, 0.4) is 0 Å². The molecule has 1 fully saturated rings. The number of benzene rings is 2. The van der Waals surface area contributed by atoms with E-state index in [-0.39, 0.29) is 5.91 Å². The Morgan fingerprint density at radius 2 is 1.50 bits per heavy atom. The normalized spacial score (nSPS) is 15.9. The van der Waals surface area contributed by atoms with Crippen LogP contribution in [0.15, 0.2) is 42.5 Å². The molecule has 148 valence electrons. The van der Waals surface area contributed by atoms with Crippen molar-refractivity contribution in [1.29, 1.82) is 0 Å². The highest BCUT2D eigenvalue weighted by Gasteiger charge is 2.28. The molecule has 1 heterocycles.